The van der Waals surface area contributed by atoms with E-state index in [9.17, 15) is 14.9 Å². The molecule has 0 unspecified atom stereocenters. The summed E-state index contributed by atoms with van der Waals surface area (Å²) in [4.78, 5) is 22.7. The molecule has 0 fully saturated rings. The Morgan fingerprint density at radius 2 is 1.94 bits per heavy atom. The first kappa shape index (κ1) is 22.7. The van der Waals surface area contributed by atoms with E-state index in [1.807, 2.05) is 42.5 Å². The second-order valence-corrected chi connectivity index (χ2v) is 7.53. The molecule has 0 saturated carbocycles. The van der Waals surface area contributed by atoms with Crippen LogP contribution >= 0.6 is 11.6 Å². The number of nitrogens with one attached hydrogen (secondary N) is 2. The van der Waals surface area contributed by atoms with Gasteiger partial charge in [-0.1, -0.05) is 54.1 Å². The van der Waals surface area contributed by atoms with E-state index in [0.29, 0.717) is 28.6 Å². The van der Waals surface area contributed by atoms with Crippen molar-refractivity contribution in [3.63, 3.8) is 0 Å². The third-order valence-corrected chi connectivity index (χ3v) is 5.13. The molecule has 4 rings (SSSR count). The molecule has 0 aliphatic heterocycles. The molecule has 10 heteroatoms. The lowest BCUT2D eigenvalue weighted by atomic mass is 10.1. The summed E-state index contributed by atoms with van der Waals surface area (Å²) in [5.74, 6) is 0.125. The second-order valence-electron chi connectivity index (χ2n) is 7.13. The van der Waals surface area contributed by atoms with E-state index < -0.39 is 10.8 Å². The van der Waals surface area contributed by atoms with Crippen molar-refractivity contribution < 1.29 is 14.5 Å². The first-order chi connectivity index (χ1) is 16.5. The summed E-state index contributed by atoms with van der Waals surface area (Å²) < 4.78 is 5.84. The number of H-pyrrole nitrogens is 1. The molecule has 4 aromatic rings. The summed E-state index contributed by atoms with van der Waals surface area (Å²) in [5, 5.41) is 22.2. The number of carbonyl (C=O) groups is 1. The van der Waals surface area contributed by atoms with E-state index >= 15 is 0 Å². The summed E-state index contributed by atoms with van der Waals surface area (Å²) in [6, 6.07) is 22.3. The lowest BCUT2D eigenvalue weighted by molar-refractivity contribution is -0.384. The van der Waals surface area contributed by atoms with Gasteiger partial charge in [-0.2, -0.15) is 10.2 Å². The number of nitro benzene ring substituents is 1. The first-order valence-electron chi connectivity index (χ1n) is 10.1. The molecule has 1 amide bonds. The summed E-state index contributed by atoms with van der Waals surface area (Å²) in [7, 11) is 0. The van der Waals surface area contributed by atoms with Gasteiger partial charge < -0.3 is 4.74 Å². The Kier molecular flexibility index (Phi) is 6.95. The van der Waals surface area contributed by atoms with E-state index in [-0.39, 0.29) is 11.4 Å². The number of aromatic amines is 1. The third kappa shape index (κ3) is 5.64. The molecular weight excluding hydrogens is 458 g/mol. The summed E-state index contributed by atoms with van der Waals surface area (Å²) in [6.07, 6.45) is 1.32. The number of hydrazone groups is 1. The molecule has 2 N–H and O–H groups in total. The minimum atomic E-state index is -0.508. The highest BCUT2D eigenvalue weighted by atomic mass is 35.5. The summed E-state index contributed by atoms with van der Waals surface area (Å²) >= 11 is 6.17. The number of amides is 1. The quantitative estimate of drug-likeness (QED) is 0.211. The van der Waals surface area contributed by atoms with Crippen molar-refractivity contribution in [2.75, 3.05) is 0 Å². The van der Waals surface area contributed by atoms with Gasteiger partial charge in [0.15, 0.2) is 0 Å². The van der Waals surface area contributed by atoms with Gasteiger partial charge >= 0.3 is 0 Å². The van der Waals surface area contributed by atoms with E-state index in [0.717, 1.165) is 11.1 Å². The Morgan fingerprint density at radius 1 is 1.12 bits per heavy atom. The van der Waals surface area contributed by atoms with Crippen LogP contribution in [0, 0.1) is 10.1 Å². The van der Waals surface area contributed by atoms with Crippen LogP contribution in [0.3, 0.4) is 0 Å². The monoisotopic (exact) mass is 475 g/mol. The van der Waals surface area contributed by atoms with Crippen molar-refractivity contribution in [1.82, 2.24) is 15.6 Å². The molecule has 1 aromatic heterocycles. The van der Waals surface area contributed by atoms with Crippen LogP contribution in [0.1, 0.15) is 21.6 Å². The third-order valence-electron chi connectivity index (χ3n) is 4.77. The predicted octanol–water partition coefficient (Wildman–Crippen LogP) is 4.98. The minimum absolute atomic E-state index is 0.0634. The number of ether oxygens (including phenoxy) is 1. The lowest BCUT2D eigenvalue weighted by Gasteiger charge is -2.08. The van der Waals surface area contributed by atoms with Crippen molar-refractivity contribution in [3.05, 3.63) is 111 Å². The average Bonchev–Trinajstić information content (AvgIpc) is 3.34. The first-order valence-corrected chi connectivity index (χ1v) is 10.5. The van der Waals surface area contributed by atoms with Crippen LogP contribution in [0.5, 0.6) is 5.75 Å². The normalized spacial score (nSPS) is 10.9. The van der Waals surface area contributed by atoms with Gasteiger partial charge in [0.2, 0.25) is 0 Å². The van der Waals surface area contributed by atoms with E-state index in [1.165, 1.54) is 24.4 Å². The smallest absolute Gasteiger partial charge is 0.289 e. The van der Waals surface area contributed by atoms with Gasteiger partial charge in [-0.15, -0.1) is 0 Å². The molecule has 0 saturated heterocycles. The van der Waals surface area contributed by atoms with Crippen LogP contribution in [0.4, 0.5) is 5.69 Å². The number of nitrogens with zero attached hydrogens (tertiary/aromatic N) is 3. The van der Waals surface area contributed by atoms with Gasteiger partial charge in [0.1, 0.15) is 18.1 Å². The molecule has 0 radical (unpaired) electrons. The Balaban J connectivity index is 1.39. The Hall–Kier alpha value is -4.50. The van der Waals surface area contributed by atoms with Crippen molar-refractivity contribution in [2.24, 2.45) is 5.10 Å². The molecule has 170 valence electrons. The number of benzene rings is 3. The maximum Gasteiger partial charge on any atom is 0.289 e. The number of hydrogen-bond acceptors (Lipinski definition) is 6. The topological polar surface area (TPSA) is 123 Å². The minimum Gasteiger partial charge on any atom is -0.489 e. The molecule has 0 spiro atoms. The fraction of sp³-hybridized carbons (Fsp3) is 0.0417. The number of halogens is 1. The molecule has 0 atom stereocenters. The maximum absolute atomic E-state index is 12.4. The Labute approximate surface area is 199 Å². The number of carbonyl (C=O) groups excluding carboxylic acids is 1. The van der Waals surface area contributed by atoms with Crippen molar-refractivity contribution >= 4 is 29.4 Å². The van der Waals surface area contributed by atoms with Gasteiger partial charge in [-0.3, -0.25) is 20.0 Å². The largest absolute Gasteiger partial charge is 0.489 e. The molecule has 1 heterocycles. The van der Waals surface area contributed by atoms with Crippen molar-refractivity contribution in [1.29, 1.82) is 0 Å². The maximum atomic E-state index is 12.4. The molecule has 3 aromatic carbocycles. The summed E-state index contributed by atoms with van der Waals surface area (Å²) in [5.41, 5.74) is 5.17. The molecule has 0 aliphatic carbocycles. The number of rotatable bonds is 8. The summed E-state index contributed by atoms with van der Waals surface area (Å²) in [6.45, 7) is 0.319. The number of aromatic nitrogens is 2. The van der Waals surface area contributed by atoms with Crippen LogP contribution in [-0.2, 0) is 6.61 Å². The standard InChI is InChI=1S/C24H18ClN5O4/c25-21-10-2-1-6-18(21)15-34-20-9-4-7-17(12-20)22-13-23(28-27-22)24(31)29-26-14-16-5-3-8-19(11-16)30(32)33/h1-14H,15H2,(H,27,28)(H,29,31)/b26-14-. The fourth-order valence-electron chi connectivity index (χ4n) is 3.05. The highest BCUT2D eigenvalue weighted by Gasteiger charge is 2.11. The SMILES string of the molecule is O=C(N/N=C\c1cccc([N+](=O)[O-])c1)c1cc(-c2cccc(OCc3ccccc3Cl)c2)n[nH]1. The van der Waals surface area contributed by atoms with Crippen LogP contribution in [0.2, 0.25) is 5.02 Å². The van der Waals surface area contributed by atoms with Gasteiger partial charge in [-0.05, 0) is 24.3 Å². The van der Waals surface area contributed by atoms with Gasteiger partial charge in [0, 0.05) is 33.8 Å². The van der Waals surface area contributed by atoms with Gasteiger partial charge in [-0.25, -0.2) is 5.43 Å². The van der Waals surface area contributed by atoms with Crippen molar-refractivity contribution in [3.8, 4) is 17.0 Å². The van der Waals surface area contributed by atoms with Gasteiger partial charge in [0.25, 0.3) is 11.6 Å². The number of nitro groups is 1. The van der Waals surface area contributed by atoms with Crippen LogP contribution < -0.4 is 10.2 Å². The molecule has 34 heavy (non-hydrogen) atoms. The number of non-ortho nitro benzene ring substituents is 1. The lowest BCUT2D eigenvalue weighted by Crippen LogP contribution is -2.18. The van der Waals surface area contributed by atoms with E-state index in [2.05, 4.69) is 20.7 Å². The fourth-order valence-corrected chi connectivity index (χ4v) is 3.24. The van der Waals surface area contributed by atoms with E-state index in [4.69, 9.17) is 16.3 Å². The molecule has 9 nitrogen and oxygen atoms in total. The highest BCUT2D eigenvalue weighted by molar-refractivity contribution is 6.31. The molecular formula is C24H18ClN5O4. The van der Waals surface area contributed by atoms with Crippen LogP contribution in [0.15, 0.2) is 84.0 Å². The predicted molar refractivity (Wildman–Crippen MR) is 128 cm³/mol. The molecule has 0 aliphatic rings. The van der Waals surface area contributed by atoms with Gasteiger partial charge in [0.05, 0.1) is 16.8 Å². The number of hydrogen-bond donors (Lipinski definition) is 2. The zero-order valence-electron chi connectivity index (χ0n) is 17.6. The van der Waals surface area contributed by atoms with E-state index in [1.54, 1.807) is 18.2 Å². The van der Waals surface area contributed by atoms with Crippen LogP contribution in [0.25, 0.3) is 11.3 Å². The molecule has 0 bridgehead atoms. The van der Waals surface area contributed by atoms with Crippen molar-refractivity contribution in [2.45, 2.75) is 6.61 Å². The zero-order chi connectivity index (χ0) is 23.9. The second kappa shape index (κ2) is 10.4. The highest BCUT2D eigenvalue weighted by Crippen LogP contribution is 2.24. The average molecular weight is 476 g/mol. The Morgan fingerprint density at radius 3 is 2.76 bits per heavy atom. The van der Waals surface area contributed by atoms with Crippen LogP contribution in [-0.4, -0.2) is 27.2 Å². The Bertz CT molecular complexity index is 1370. The zero-order valence-corrected chi connectivity index (χ0v) is 18.4.